The molecular weight excluding hydrogens is 475 g/mol. The number of nitrogens with two attached hydrogens (primary N) is 1. The third-order valence-corrected chi connectivity index (χ3v) is 5.62. The molecule has 1 aromatic heterocycles. The maximum absolute atomic E-state index is 13.9. The van der Waals surface area contributed by atoms with Gasteiger partial charge in [-0.25, -0.2) is 4.39 Å². The molecule has 3 aromatic carbocycles. The number of aliphatic carboxylic acids is 1. The fourth-order valence-electron chi connectivity index (χ4n) is 3.75. The summed E-state index contributed by atoms with van der Waals surface area (Å²) in [7, 11) is 0. The van der Waals surface area contributed by atoms with Gasteiger partial charge in [-0.15, -0.1) is 0 Å². The molecule has 0 unspecified atom stereocenters. The van der Waals surface area contributed by atoms with E-state index < -0.39 is 17.7 Å². The molecule has 2 amide bonds. The lowest BCUT2D eigenvalue weighted by Gasteiger charge is -2.13. The number of pyridine rings is 1. The first-order valence-electron chi connectivity index (χ1n) is 11.3. The molecule has 9 heteroatoms. The van der Waals surface area contributed by atoms with E-state index in [1.165, 1.54) is 12.3 Å². The summed E-state index contributed by atoms with van der Waals surface area (Å²) in [6, 6.07) is 19.8. The van der Waals surface area contributed by atoms with Gasteiger partial charge in [0.2, 0.25) is 0 Å². The van der Waals surface area contributed by atoms with Gasteiger partial charge in [0.05, 0.1) is 18.3 Å². The van der Waals surface area contributed by atoms with Gasteiger partial charge in [0.15, 0.2) is 5.82 Å². The molecule has 0 aliphatic carbocycles. The Morgan fingerprint density at radius 2 is 1.62 bits per heavy atom. The minimum atomic E-state index is -0.934. The van der Waals surface area contributed by atoms with E-state index in [1.54, 1.807) is 66.7 Å². The molecule has 0 saturated heterocycles. The largest absolute Gasteiger partial charge is 0.481 e. The Morgan fingerprint density at radius 1 is 0.892 bits per heavy atom. The molecule has 37 heavy (non-hydrogen) atoms. The zero-order chi connectivity index (χ0) is 26.4. The monoisotopic (exact) mass is 498 g/mol. The molecule has 186 valence electrons. The molecule has 0 saturated carbocycles. The van der Waals surface area contributed by atoms with E-state index in [1.807, 2.05) is 0 Å². The second kappa shape index (κ2) is 11.2. The molecule has 0 aliphatic rings. The quantitative estimate of drug-likeness (QED) is 0.283. The van der Waals surface area contributed by atoms with Gasteiger partial charge >= 0.3 is 5.97 Å². The van der Waals surface area contributed by atoms with E-state index in [4.69, 9.17) is 10.8 Å². The summed E-state index contributed by atoms with van der Waals surface area (Å²) in [6.07, 6.45) is 2.29. The van der Waals surface area contributed by atoms with Gasteiger partial charge in [-0.2, -0.15) is 0 Å². The van der Waals surface area contributed by atoms with Crippen molar-refractivity contribution < 1.29 is 23.9 Å². The summed E-state index contributed by atoms with van der Waals surface area (Å²) in [4.78, 5) is 40.2. The van der Waals surface area contributed by atoms with Crippen molar-refractivity contribution in [2.24, 2.45) is 5.73 Å². The lowest BCUT2D eigenvalue weighted by molar-refractivity contribution is -0.136. The molecule has 5 N–H and O–H groups in total. The number of nitrogens with zero attached hydrogens (tertiary/aromatic N) is 1. The van der Waals surface area contributed by atoms with Crippen molar-refractivity contribution in [3.63, 3.8) is 0 Å². The third kappa shape index (κ3) is 6.22. The third-order valence-electron chi connectivity index (χ3n) is 5.62. The zero-order valence-corrected chi connectivity index (χ0v) is 19.6. The van der Waals surface area contributed by atoms with Crippen molar-refractivity contribution in [3.8, 4) is 11.1 Å². The maximum Gasteiger partial charge on any atom is 0.307 e. The van der Waals surface area contributed by atoms with E-state index >= 15 is 0 Å². The number of amides is 2. The second-order valence-corrected chi connectivity index (χ2v) is 8.19. The molecule has 0 aliphatic heterocycles. The van der Waals surface area contributed by atoms with E-state index in [0.717, 1.165) is 11.8 Å². The van der Waals surface area contributed by atoms with Crippen LogP contribution in [0.2, 0.25) is 0 Å². The van der Waals surface area contributed by atoms with Gasteiger partial charge < -0.3 is 21.5 Å². The van der Waals surface area contributed by atoms with Crippen LogP contribution < -0.4 is 16.4 Å². The van der Waals surface area contributed by atoms with Crippen molar-refractivity contribution in [3.05, 3.63) is 113 Å². The van der Waals surface area contributed by atoms with Gasteiger partial charge in [-0.3, -0.25) is 19.4 Å². The summed E-state index contributed by atoms with van der Waals surface area (Å²) in [5.41, 5.74) is 9.86. The average molecular weight is 499 g/mol. The Labute approximate surface area is 212 Å². The lowest BCUT2D eigenvalue weighted by atomic mass is 9.95. The van der Waals surface area contributed by atoms with Crippen LogP contribution in [0.1, 0.15) is 31.8 Å². The second-order valence-electron chi connectivity index (χ2n) is 8.19. The Morgan fingerprint density at radius 3 is 2.32 bits per heavy atom. The number of nitrogens with one attached hydrogen (secondary N) is 2. The number of carbonyl (C=O) groups is 3. The predicted molar refractivity (Wildman–Crippen MR) is 138 cm³/mol. The van der Waals surface area contributed by atoms with E-state index in [9.17, 15) is 18.8 Å². The molecule has 8 nitrogen and oxygen atoms in total. The molecule has 0 fully saturated rings. The number of carboxylic acid groups (broad SMARTS) is 1. The lowest BCUT2D eigenvalue weighted by Crippen LogP contribution is -2.14. The first kappa shape index (κ1) is 25.2. The molecular formula is C28H23FN4O4. The van der Waals surface area contributed by atoms with Crippen LogP contribution in [-0.4, -0.2) is 27.9 Å². The topological polar surface area (TPSA) is 134 Å². The Balaban J connectivity index is 1.56. The Hall–Kier alpha value is -4.89. The smallest absolute Gasteiger partial charge is 0.307 e. The predicted octanol–water partition coefficient (Wildman–Crippen LogP) is 4.48. The highest BCUT2D eigenvalue weighted by Crippen LogP contribution is 2.27. The highest BCUT2D eigenvalue weighted by molar-refractivity contribution is 6.06. The molecule has 4 rings (SSSR count). The molecule has 0 bridgehead atoms. The standard InChI is InChI=1S/C28H23FN4O4/c29-24-16-31-11-10-25(24)33-28(37)20-6-7-21(15-30)23(14-20)18-2-1-3-19(13-18)27(36)32-22-8-4-17(5-9-22)12-26(34)35/h1-11,13-14,16H,12,15,30H2,(H,32,36)(H,34,35)(H,31,33,37). The SMILES string of the molecule is NCc1ccc(C(=O)Nc2ccncc2F)cc1-c1cccc(C(=O)Nc2ccc(CC(=O)O)cc2)c1. The van der Waals surface area contributed by atoms with Crippen molar-refractivity contribution >= 4 is 29.2 Å². The van der Waals surface area contributed by atoms with Crippen molar-refractivity contribution in [1.82, 2.24) is 4.98 Å². The normalized spacial score (nSPS) is 10.5. The fraction of sp³-hybridized carbons (Fsp3) is 0.0714. The van der Waals surface area contributed by atoms with Crippen LogP contribution in [0.5, 0.6) is 0 Å². The minimum Gasteiger partial charge on any atom is -0.481 e. The molecule has 0 spiro atoms. The van der Waals surface area contributed by atoms with Crippen molar-refractivity contribution in [1.29, 1.82) is 0 Å². The van der Waals surface area contributed by atoms with Crippen LogP contribution in [0.25, 0.3) is 11.1 Å². The van der Waals surface area contributed by atoms with E-state index in [2.05, 4.69) is 15.6 Å². The number of benzene rings is 3. The summed E-state index contributed by atoms with van der Waals surface area (Å²) in [5.74, 6) is -2.44. The van der Waals surface area contributed by atoms with Gasteiger partial charge in [-0.05, 0) is 64.7 Å². The van der Waals surface area contributed by atoms with Crippen molar-refractivity contribution in [2.45, 2.75) is 13.0 Å². The first-order valence-corrected chi connectivity index (χ1v) is 11.3. The number of hydrogen-bond acceptors (Lipinski definition) is 5. The minimum absolute atomic E-state index is 0.0131. The molecule has 0 radical (unpaired) electrons. The number of carboxylic acids is 1. The fourth-order valence-corrected chi connectivity index (χ4v) is 3.75. The van der Waals surface area contributed by atoms with Crippen LogP contribution in [0.4, 0.5) is 15.8 Å². The molecule has 4 aromatic rings. The van der Waals surface area contributed by atoms with Crippen LogP contribution in [0.15, 0.2) is 85.2 Å². The zero-order valence-electron chi connectivity index (χ0n) is 19.6. The number of halogens is 1. The van der Waals surface area contributed by atoms with Gasteiger partial charge in [0.25, 0.3) is 11.8 Å². The van der Waals surface area contributed by atoms with Gasteiger partial charge in [-0.1, -0.05) is 30.3 Å². The Kier molecular flexibility index (Phi) is 7.65. The van der Waals surface area contributed by atoms with Crippen LogP contribution in [0.3, 0.4) is 0 Å². The highest BCUT2D eigenvalue weighted by Gasteiger charge is 2.14. The van der Waals surface area contributed by atoms with E-state index in [-0.39, 0.29) is 24.6 Å². The van der Waals surface area contributed by atoms with Crippen molar-refractivity contribution in [2.75, 3.05) is 10.6 Å². The molecule has 0 atom stereocenters. The van der Waals surface area contributed by atoms with Crippen LogP contribution >= 0.6 is 0 Å². The summed E-state index contributed by atoms with van der Waals surface area (Å²) in [6.45, 7) is 0.204. The number of rotatable bonds is 8. The average Bonchev–Trinajstić information content (AvgIpc) is 2.90. The maximum atomic E-state index is 13.9. The van der Waals surface area contributed by atoms with Gasteiger partial charge in [0, 0.05) is 29.6 Å². The first-order chi connectivity index (χ1) is 17.8. The van der Waals surface area contributed by atoms with E-state index in [0.29, 0.717) is 33.5 Å². The number of aromatic nitrogens is 1. The number of carbonyl (C=O) groups excluding carboxylic acids is 2. The number of anilines is 2. The summed E-state index contributed by atoms with van der Waals surface area (Å²) >= 11 is 0. The van der Waals surface area contributed by atoms with Crippen LogP contribution in [0, 0.1) is 5.82 Å². The Bertz CT molecular complexity index is 1470. The highest BCUT2D eigenvalue weighted by atomic mass is 19.1. The van der Waals surface area contributed by atoms with Gasteiger partial charge in [0.1, 0.15) is 0 Å². The molecule has 1 heterocycles. The summed E-state index contributed by atoms with van der Waals surface area (Å²) < 4.78 is 13.9. The van der Waals surface area contributed by atoms with Crippen LogP contribution in [-0.2, 0) is 17.8 Å². The number of hydrogen-bond donors (Lipinski definition) is 4. The summed E-state index contributed by atoms with van der Waals surface area (Å²) in [5, 5.41) is 14.2.